The van der Waals surface area contributed by atoms with Crippen LogP contribution in [0, 0.1) is 5.41 Å². The Balaban J connectivity index is 2.21. The van der Waals surface area contributed by atoms with Gasteiger partial charge in [-0.3, -0.25) is 0 Å². The second-order valence-electron chi connectivity index (χ2n) is 6.84. The first-order valence-corrected chi connectivity index (χ1v) is 7.53. The van der Waals surface area contributed by atoms with Crippen LogP contribution in [0.5, 0.6) is 0 Å². The van der Waals surface area contributed by atoms with E-state index >= 15 is 0 Å². The summed E-state index contributed by atoms with van der Waals surface area (Å²) in [7, 11) is 4.31. The van der Waals surface area contributed by atoms with Gasteiger partial charge in [-0.25, -0.2) is 0 Å². The van der Waals surface area contributed by atoms with Gasteiger partial charge < -0.3 is 15.1 Å². The fourth-order valence-electron chi connectivity index (χ4n) is 2.33. The highest BCUT2D eigenvalue weighted by molar-refractivity contribution is 4.85. The molecule has 1 rings (SSSR count). The second-order valence-corrected chi connectivity index (χ2v) is 6.84. The molecule has 0 spiro atoms. The Morgan fingerprint density at radius 1 is 1.17 bits per heavy atom. The van der Waals surface area contributed by atoms with Gasteiger partial charge in [-0.1, -0.05) is 20.8 Å². The molecule has 3 nitrogen and oxygen atoms in total. The monoisotopic (exact) mass is 255 g/mol. The van der Waals surface area contributed by atoms with Crippen LogP contribution in [0.1, 0.15) is 40.0 Å². The van der Waals surface area contributed by atoms with E-state index in [4.69, 9.17) is 0 Å². The Hall–Kier alpha value is -0.120. The summed E-state index contributed by atoms with van der Waals surface area (Å²) in [6, 6.07) is 0.827. The maximum Gasteiger partial charge on any atom is 0.00684 e. The quantitative estimate of drug-likeness (QED) is 0.644. The smallest absolute Gasteiger partial charge is 0.00684 e. The molecular formula is C15H33N3. The third-order valence-corrected chi connectivity index (χ3v) is 3.63. The van der Waals surface area contributed by atoms with Crippen molar-refractivity contribution in [3.05, 3.63) is 0 Å². The molecule has 0 bridgehead atoms. The highest BCUT2D eigenvalue weighted by atomic mass is 15.1. The van der Waals surface area contributed by atoms with Gasteiger partial charge in [0.1, 0.15) is 0 Å². The van der Waals surface area contributed by atoms with Crippen molar-refractivity contribution < 1.29 is 0 Å². The first kappa shape index (κ1) is 15.9. The lowest BCUT2D eigenvalue weighted by Crippen LogP contribution is -2.41. The topological polar surface area (TPSA) is 18.5 Å². The summed E-state index contributed by atoms with van der Waals surface area (Å²) < 4.78 is 0. The average molecular weight is 255 g/mol. The lowest BCUT2D eigenvalue weighted by atomic mass is 9.92. The van der Waals surface area contributed by atoms with Gasteiger partial charge in [0, 0.05) is 19.1 Å². The molecule has 1 saturated carbocycles. The van der Waals surface area contributed by atoms with Crippen molar-refractivity contribution in [3.63, 3.8) is 0 Å². The van der Waals surface area contributed by atoms with Gasteiger partial charge in [-0.2, -0.15) is 0 Å². The molecule has 0 aromatic rings. The molecule has 0 radical (unpaired) electrons. The lowest BCUT2D eigenvalue weighted by molar-refractivity contribution is 0.174. The van der Waals surface area contributed by atoms with Crippen molar-refractivity contribution in [2.24, 2.45) is 5.41 Å². The van der Waals surface area contributed by atoms with Crippen LogP contribution in [-0.2, 0) is 0 Å². The van der Waals surface area contributed by atoms with Crippen LogP contribution in [-0.4, -0.2) is 62.7 Å². The molecule has 1 aliphatic rings. The maximum absolute atomic E-state index is 3.67. The van der Waals surface area contributed by atoms with Crippen molar-refractivity contribution in [2.75, 3.05) is 46.8 Å². The lowest BCUT2D eigenvalue weighted by Gasteiger charge is -2.32. The van der Waals surface area contributed by atoms with E-state index in [-0.39, 0.29) is 0 Å². The third-order valence-electron chi connectivity index (χ3n) is 3.63. The van der Waals surface area contributed by atoms with Gasteiger partial charge in [0.2, 0.25) is 0 Å². The molecule has 0 amide bonds. The van der Waals surface area contributed by atoms with Crippen LogP contribution >= 0.6 is 0 Å². The molecular weight excluding hydrogens is 222 g/mol. The number of hydrogen-bond acceptors (Lipinski definition) is 3. The molecule has 0 aliphatic heterocycles. The number of nitrogens with one attached hydrogen (secondary N) is 1. The van der Waals surface area contributed by atoms with Crippen molar-refractivity contribution in [2.45, 2.75) is 46.1 Å². The predicted octanol–water partition coefficient (Wildman–Crippen LogP) is 2.04. The first-order chi connectivity index (χ1) is 8.43. The van der Waals surface area contributed by atoms with Gasteiger partial charge in [-0.05, 0) is 58.4 Å². The molecule has 108 valence electrons. The summed E-state index contributed by atoms with van der Waals surface area (Å²) >= 11 is 0. The van der Waals surface area contributed by atoms with E-state index in [2.05, 4.69) is 50.0 Å². The average Bonchev–Trinajstić information content (AvgIpc) is 3.08. The molecule has 0 atom stereocenters. The van der Waals surface area contributed by atoms with E-state index in [9.17, 15) is 0 Å². The van der Waals surface area contributed by atoms with E-state index in [0.29, 0.717) is 5.41 Å². The van der Waals surface area contributed by atoms with Crippen LogP contribution in [0.4, 0.5) is 0 Å². The first-order valence-electron chi connectivity index (χ1n) is 7.53. The van der Waals surface area contributed by atoms with Crippen molar-refractivity contribution in [1.29, 1.82) is 0 Å². The molecule has 0 heterocycles. The van der Waals surface area contributed by atoms with Crippen LogP contribution in [0.25, 0.3) is 0 Å². The van der Waals surface area contributed by atoms with Gasteiger partial charge in [0.15, 0.2) is 0 Å². The van der Waals surface area contributed by atoms with Gasteiger partial charge in [-0.15, -0.1) is 0 Å². The standard InChI is InChI=1S/C15H33N3/c1-6-18(11-7-10-17(4)5)13-15(2,3)12-16-14-8-9-14/h14,16H,6-13H2,1-5H3. The molecule has 0 unspecified atom stereocenters. The van der Waals surface area contributed by atoms with Crippen molar-refractivity contribution in [3.8, 4) is 0 Å². The molecule has 0 aromatic carbocycles. The van der Waals surface area contributed by atoms with Crippen molar-refractivity contribution >= 4 is 0 Å². The molecule has 1 fully saturated rings. The molecule has 1 aliphatic carbocycles. The van der Waals surface area contributed by atoms with E-state index in [1.165, 1.54) is 45.4 Å². The van der Waals surface area contributed by atoms with Gasteiger partial charge in [0.05, 0.1) is 0 Å². The number of hydrogen-bond donors (Lipinski definition) is 1. The minimum absolute atomic E-state index is 0.386. The number of rotatable bonds is 10. The van der Waals surface area contributed by atoms with Gasteiger partial charge >= 0.3 is 0 Å². The predicted molar refractivity (Wildman–Crippen MR) is 80.1 cm³/mol. The Bertz CT molecular complexity index is 222. The normalized spacial score (nSPS) is 16.8. The van der Waals surface area contributed by atoms with Crippen LogP contribution in [0.2, 0.25) is 0 Å². The van der Waals surface area contributed by atoms with E-state index in [0.717, 1.165) is 12.6 Å². The summed E-state index contributed by atoms with van der Waals surface area (Å²) in [5.41, 5.74) is 0.386. The Morgan fingerprint density at radius 2 is 1.83 bits per heavy atom. The number of nitrogens with zero attached hydrogens (tertiary/aromatic N) is 2. The van der Waals surface area contributed by atoms with E-state index in [1.807, 2.05) is 0 Å². The summed E-state index contributed by atoms with van der Waals surface area (Å²) in [5, 5.41) is 3.67. The fourth-order valence-corrected chi connectivity index (χ4v) is 2.33. The third kappa shape index (κ3) is 7.34. The summed E-state index contributed by atoms with van der Waals surface area (Å²) in [6.07, 6.45) is 4.04. The minimum atomic E-state index is 0.386. The fraction of sp³-hybridized carbons (Fsp3) is 1.00. The van der Waals surface area contributed by atoms with Crippen LogP contribution in [0.3, 0.4) is 0 Å². The zero-order chi connectivity index (χ0) is 13.6. The largest absolute Gasteiger partial charge is 0.313 e. The van der Waals surface area contributed by atoms with E-state index < -0.39 is 0 Å². The minimum Gasteiger partial charge on any atom is -0.313 e. The Labute approximate surface area is 114 Å². The molecule has 3 heteroatoms. The Kier molecular flexibility index (Phi) is 6.61. The molecule has 0 aromatic heterocycles. The zero-order valence-corrected chi connectivity index (χ0v) is 13.1. The summed E-state index contributed by atoms with van der Waals surface area (Å²) in [6.45, 7) is 13.0. The van der Waals surface area contributed by atoms with Crippen LogP contribution < -0.4 is 5.32 Å². The molecule has 0 saturated heterocycles. The second kappa shape index (κ2) is 7.46. The Morgan fingerprint density at radius 3 is 2.33 bits per heavy atom. The van der Waals surface area contributed by atoms with Crippen LogP contribution in [0.15, 0.2) is 0 Å². The molecule has 18 heavy (non-hydrogen) atoms. The maximum atomic E-state index is 3.67. The summed E-state index contributed by atoms with van der Waals surface area (Å²) in [4.78, 5) is 4.87. The van der Waals surface area contributed by atoms with Gasteiger partial charge in [0.25, 0.3) is 0 Å². The zero-order valence-electron chi connectivity index (χ0n) is 13.1. The molecule has 1 N–H and O–H groups in total. The highest BCUT2D eigenvalue weighted by Crippen LogP contribution is 2.22. The highest BCUT2D eigenvalue weighted by Gasteiger charge is 2.26. The van der Waals surface area contributed by atoms with E-state index in [1.54, 1.807) is 0 Å². The van der Waals surface area contributed by atoms with Crippen molar-refractivity contribution in [1.82, 2.24) is 15.1 Å². The SMILES string of the molecule is CCN(CCCN(C)C)CC(C)(C)CNC1CC1. The summed E-state index contributed by atoms with van der Waals surface area (Å²) in [5.74, 6) is 0.